The quantitative estimate of drug-likeness (QED) is 0.628. The third kappa shape index (κ3) is 3.69. The number of morpholine rings is 1. The van der Waals surface area contributed by atoms with Crippen molar-refractivity contribution in [2.45, 2.75) is 6.92 Å². The lowest BCUT2D eigenvalue weighted by Gasteiger charge is -2.28. The summed E-state index contributed by atoms with van der Waals surface area (Å²) in [5, 5.41) is 3.89. The summed E-state index contributed by atoms with van der Waals surface area (Å²) in [5.41, 5.74) is 10.0. The minimum absolute atomic E-state index is 0.663. The molecule has 6 nitrogen and oxygen atoms in total. The number of nitrogens with one attached hydrogen (secondary N) is 1. The number of benzene rings is 1. The van der Waals surface area contributed by atoms with Gasteiger partial charge in [-0.1, -0.05) is 12.1 Å². The number of rotatable bonds is 3. The summed E-state index contributed by atoms with van der Waals surface area (Å²) < 4.78 is 5.32. The van der Waals surface area contributed by atoms with E-state index in [4.69, 9.17) is 10.5 Å². The molecular formula is C13H18N4O2. The van der Waals surface area contributed by atoms with Gasteiger partial charge in [0.2, 0.25) is 0 Å². The molecular weight excluding hydrogens is 244 g/mol. The van der Waals surface area contributed by atoms with Crippen molar-refractivity contribution in [3.05, 3.63) is 29.8 Å². The maximum absolute atomic E-state index is 10.6. The number of ether oxygens (including phenoxy) is 1. The second-order valence-electron chi connectivity index (χ2n) is 4.32. The summed E-state index contributed by atoms with van der Waals surface area (Å²) in [4.78, 5) is 12.9. The predicted octanol–water partition coefficient (Wildman–Crippen LogP) is 0.915. The molecule has 0 saturated carbocycles. The number of nitrogens with two attached hydrogens (primary N) is 1. The Bertz CT molecular complexity index is 464. The molecule has 1 aromatic rings. The number of primary amides is 1. The van der Waals surface area contributed by atoms with Crippen LogP contribution in [0.25, 0.3) is 0 Å². The van der Waals surface area contributed by atoms with E-state index in [2.05, 4.69) is 15.4 Å². The zero-order chi connectivity index (χ0) is 13.7. The Labute approximate surface area is 112 Å². The monoisotopic (exact) mass is 262 g/mol. The van der Waals surface area contributed by atoms with Crippen LogP contribution in [0.3, 0.4) is 0 Å². The number of anilines is 1. The number of nitrogens with zero attached hydrogens (tertiary/aromatic N) is 2. The molecule has 0 aromatic heterocycles. The van der Waals surface area contributed by atoms with Crippen LogP contribution >= 0.6 is 0 Å². The molecule has 0 bridgehead atoms. The summed E-state index contributed by atoms with van der Waals surface area (Å²) >= 11 is 0. The molecule has 6 heteroatoms. The Hall–Kier alpha value is -2.08. The number of hydrazone groups is 1. The first-order valence-electron chi connectivity index (χ1n) is 6.19. The van der Waals surface area contributed by atoms with Crippen molar-refractivity contribution in [2.75, 3.05) is 31.2 Å². The van der Waals surface area contributed by atoms with Crippen molar-refractivity contribution in [3.63, 3.8) is 0 Å². The van der Waals surface area contributed by atoms with Gasteiger partial charge in [-0.25, -0.2) is 10.2 Å². The largest absolute Gasteiger partial charge is 0.378 e. The second-order valence-corrected chi connectivity index (χ2v) is 4.32. The van der Waals surface area contributed by atoms with Crippen molar-refractivity contribution in [1.29, 1.82) is 0 Å². The van der Waals surface area contributed by atoms with Crippen LogP contribution in [0.2, 0.25) is 0 Å². The third-order valence-corrected chi connectivity index (χ3v) is 3.00. The number of carbonyl (C=O) groups is 1. The summed E-state index contributed by atoms with van der Waals surface area (Å²) in [6.45, 7) is 5.18. The van der Waals surface area contributed by atoms with Crippen molar-refractivity contribution < 1.29 is 9.53 Å². The predicted molar refractivity (Wildman–Crippen MR) is 74.4 cm³/mol. The van der Waals surface area contributed by atoms with Gasteiger partial charge in [-0.2, -0.15) is 5.10 Å². The lowest BCUT2D eigenvalue weighted by atomic mass is 10.1. The highest BCUT2D eigenvalue weighted by Crippen LogP contribution is 2.16. The van der Waals surface area contributed by atoms with E-state index in [1.807, 2.05) is 31.2 Å². The molecule has 1 fully saturated rings. The summed E-state index contributed by atoms with van der Waals surface area (Å²) in [6.07, 6.45) is 0. The van der Waals surface area contributed by atoms with Crippen LogP contribution in [-0.4, -0.2) is 38.0 Å². The van der Waals surface area contributed by atoms with Gasteiger partial charge < -0.3 is 15.4 Å². The maximum Gasteiger partial charge on any atom is 0.332 e. The van der Waals surface area contributed by atoms with Gasteiger partial charge in [0.15, 0.2) is 0 Å². The fourth-order valence-electron chi connectivity index (χ4n) is 1.94. The average molecular weight is 262 g/mol. The van der Waals surface area contributed by atoms with Crippen LogP contribution in [0.1, 0.15) is 12.5 Å². The molecule has 1 saturated heterocycles. The van der Waals surface area contributed by atoms with E-state index in [0.29, 0.717) is 5.71 Å². The Balaban J connectivity index is 2.05. The van der Waals surface area contributed by atoms with E-state index < -0.39 is 6.03 Å². The normalized spacial score (nSPS) is 16.3. The van der Waals surface area contributed by atoms with Crippen molar-refractivity contribution in [3.8, 4) is 0 Å². The van der Waals surface area contributed by atoms with Crippen LogP contribution in [0.4, 0.5) is 10.5 Å². The highest BCUT2D eigenvalue weighted by molar-refractivity contribution is 5.99. The van der Waals surface area contributed by atoms with Gasteiger partial charge in [-0.05, 0) is 24.6 Å². The minimum Gasteiger partial charge on any atom is -0.378 e. The molecule has 19 heavy (non-hydrogen) atoms. The van der Waals surface area contributed by atoms with Gasteiger partial charge in [0.05, 0.1) is 18.9 Å². The van der Waals surface area contributed by atoms with Gasteiger partial charge in [0.1, 0.15) is 0 Å². The molecule has 102 valence electrons. The Morgan fingerprint density at radius 3 is 2.53 bits per heavy atom. The number of hydrogen-bond acceptors (Lipinski definition) is 4. The van der Waals surface area contributed by atoms with Crippen LogP contribution in [0.15, 0.2) is 29.4 Å². The van der Waals surface area contributed by atoms with Crippen LogP contribution in [0, 0.1) is 0 Å². The molecule has 0 unspecified atom stereocenters. The molecule has 2 amide bonds. The van der Waals surface area contributed by atoms with Gasteiger partial charge in [0.25, 0.3) is 0 Å². The number of hydrogen-bond donors (Lipinski definition) is 2. The first-order chi connectivity index (χ1) is 9.16. The van der Waals surface area contributed by atoms with Crippen LogP contribution in [-0.2, 0) is 4.74 Å². The third-order valence-electron chi connectivity index (χ3n) is 3.00. The Morgan fingerprint density at radius 2 is 1.95 bits per heavy atom. The topological polar surface area (TPSA) is 79.9 Å². The lowest BCUT2D eigenvalue weighted by molar-refractivity contribution is 0.122. The number of carbonyl (C=O) groups excluding carboxylic acids is 1. The zero-order valence-corrected chi connectivity index (χ0v) is 10.9. The smallest absolute Gasteiger partial charge is 0.332 e. The Kier molecular flexibility index (Phi) is 4.35. The molecule has 0 radical (unpaired) electrons. The van der Waals surface area contributed by atoms with E-state index in [1.54, 1.807) is 0 Å². The summed E-state index contributed by atoms with van der Waals surface area (Å²) in [6, 6.07) is 7.39. The minimum atomic E-state index is -0.663. The lowest BCUT2D eigenvalue weighted by Crippen LogP contribution is -2.36. The molecule has 1 aromatic carbocycles. The van der Waals surface area contributed by atoms with Gasteiger partial charge in [-0.15, -0.1) is 0 Å². The molecule has 0 atom stereocenters. The van der Waals surface area contributed by atoms with E-state index in [1.165, 1.54) is 5.69 Å². The van der Waals surface area contributed by atoms with Crippen molar-refractivity contribution >= 4 is 17.4 Å². The van der Waals surface area contributed by atoms with Crippen LogP contribution < -0.4 is 16.1 Å². The SMILES string of the molecule is C/C(=N\NC(N)=O)c1ccc(N2CCOCC2)cc1. The Morgan fingerprint density at radius 1 is 1.32 bits per heavy atom. The molecule has 1 heterocycles. The number of amides is 2. The molecule has 1 aliphatic rings. The fraction of sp³-hybridized carbons (Fsp3) is 0.385. The van der Waals surface area contributed by atoms with E-state index in [-0.39, 0.29) is 0 Å². The average Bonchev–Trinajstić information content (AvgIpc) is 2.46. The van der Waals surface area contributed by atoms with Gasteiger partial charge in [-0.3, -0.25) is 0 Å². The molecule has 3 N–H and O–H groups in total. The standard InChI is InChI=1S/C13H18N4O2/c1-10(15-16-13(14)18)11-2-4-12(5-3-11)17-6-8-19-9-7-17/h2-5H,6-9H2,1H3,(H3,14,16,18)/b15-10+. The fourth-order valence-corrected chi connectivity index (χ4v) is 1.94. The highest BCUT2D eigenvalue weighted by atomic mass is 16.5. The maximum atomic E-state index is 10.6. The van der Waals surface area contributed by atoms with Crippen LogP contribution in [0.5, 0.6) is 0 Å². The summed E-state index contributed by atoms with van der Waals surface area (Å²) in [7, 11) is 0. The van der Waals surface area contributed by atoms with Crippen molar-refractivity contribution in [1.82, 2.24) is 5.43 Å². The first-order valence-corrected chi connectivity index (χ1v) is 6.19. The van der Waals surface area contributed by atoms with Crippen molar-refractivity contribution in [2.24, 2.45) is 10.8 Å². The molecule has 0 spiro atoms. The first kappa shape index (κ1) is 13.4. The zero-order valence-electron chi connectivity index (χ0n) is 10.9. The summed E-state index contributed by atoms with van der Waals surface area (Å²) in [5.74, 6) is 0. The molecule has 1 aliphatic heterocycles. The highest BCUT2D eigenvalue weighted by Gasteiger charge is 2.10. The van der Waals surface area contributed by atoms with Gasteiger partial charge >= 0.3 is 6.03 Å². The van der Waals surface area contributed by atoms with E-state index in [0.717, 1.165) is 31.9 Å². The molecule has 2 rings (SSSR count). The van der Waals surface area contributed by atoms with Gasteiger partial charge in [0, 0.05) is 18.8 Å². The van der Waals surface area contributed by atoms with E-state index >= 15 is 0 Å². The molecule has 0 aliphatic carbocycles. The van der Waals surface area contributed by atoms with E-state index in [9.17, 15) is 4.79 Å². The second kappa shape index (κ2) is 6.19. The number of urea groups is 1.